The highest BCUT2D eigenvalue weighted by Crippen LogP contribution is 2.39. The van der Waals surface area contributed by atoms with Gasteiger partial charge < -0.3 is 9.84 Å². The second kappa shape index (κ2) is 5.69. The Morgan fingerprint density at radius 1 is 1.00 bits per heavy atom. The van der Waals surface area contributed by atoms with E-state index in [2.05, 4.69) is 0 Å². The Labute approximate surface area is 116 Å². The molecule has 0 heterocycles. The Hall–Kier alpha value is -2.15. The van der Waals surface area contributed by atoms with Gasteiger partial charge in [0.25, 0.3) is 0 Å². The standard InChI is InChI=1S/C14H9F5O2/c15-10-2-1-3-12(13(10)16)21-11-5-4-8(7-20)6-9(11)14(17,18)19/h1-6,20H,7H2. The van der Waals surface area contributed by atoms with Crippen molar-refractivity contribution in [2.75, 3.05) is 0 Å². The van der Waals surface area contributed by atoms with Gasteiger partial charge in [-0.15, -0.1) is 0 Å². The second-order valence-electron chi connectivity index (χ2n) is 4.14. The van der Waals surface area contributed by atoms with Crippen molar-refractivity contribution in [3.05, 3.63) is 59.2 Å². The molecule has 0 aliphatic rings. The summed E-state index contributed by atoms with van der Waals surface area (Å²) in [4.78, 5) is 0. The lowest BCUT2D eigenvalue weighted by Gasteiger charge is -2.15. The Morgan fingerprint density at radius 2 is 1.71 bits per heavy atom. The maximum atomic E-state index is 13.4. The van der Waals surface area contributed by atoms with Crippen molar-refractivity contribution in [2.45, 2.75) is 12.8 Å². The van der Waals surface area contributed by atoms with Crippen LogP contribution in [-0.2, 0) is 12.8 Å². The van der Waals surface area contributed by atoms with E-state index in [9.17, 15) is 22.0 Å². The Balaban J connectivity index is 2.46. The molecular formula is C14H9F5O2. The molecule has 0 saturated heterocycles. The first-order chi connectivity index (χ1) is 9.82. The summed E-state index contributed by atoms with van der Waals surface area (Å²) in [6, 6.07) is 5.77. The summed E-state index contributed by atoms with van der Waals surface area (Å²) in [6.45, 7) is -0.586. The Bertz CT molecular complexity index is 652. The summed E-state index contributed by atoms with van der Waals surface area (Å²) in [5.41, 5.74) is -1.16. The average Bonchev–Trinajstić information content (AvgIpc) is 2.43. The van der Waals surface area contributed by atoms with Gasteiger partial charge in [0, 0.05) is 0 Å². The van der Waals surface area contributed by atoms with E-state index in [4.69, 9.17) is 9.84 Å². The molecule has 21 heavy (non-hydrogen) atoms. The molecule has 0 atom stereocenters. The summed E-state index contributed by atoms with van der Waals surface area (Å²) in [5.74, 6) is -3.94. The van der Waals surface area contributed by atoms with Gasteiger partial charge in [-0.1, -0.05) is 12.1 Å². The van der Waals surface area contributed by atoms with Crippen molar-refractivity contribution < 1.29 is 31.8 Å². The van der Waals surface area contributed by atoms with Crippen molar-refractivity contribution in [3.63, 3.8) is 0 Å². The number of rotatable bonds is 3. The van der Waals surface area contributed by atoms with Gasteiger partial charge in [-0.25, -0.2) is 4.39 Å². The van der Waals surface area contributed by atoms with Crippen molar-refractivity contribution in [3.8, 4) is 11.5 Å². The minimum Gasteiger partial charge on any atom is -0.454 e. The van der Waals surface area contributed by atoms with Crippen LogP contribution in [0.15, 0.2) is 36.4 Å². The van der Waals surface area contributed by atoms with E-state index in [0.717, 1.165) is 24.3 Å². The molecule has 0 aromatic heterocycles. The molecule has 0 unspecified atom stereocenters. The highest BCUT2D eigenvalue weighted by atomic mass is 19.4. The van der Waals surface area contributed by atoms with Gasteiger partial charge in [0.1, 0.15) is 5.75 Å². The first-order valence-electron chi connectivity index (χ1n) is 5.75. The van der Waals surface area contributed by atoms with Crippen LogP contribution in [0.2, 0.25) is 0 Å². The number of aliphatic hydroxyl groups excluding tert-OH is 1. The van der Waals surface area contributed by atoms with E-state index in [0.29, 0.717) is 6.07 Å². The van der Waals surface area contributed by atoms with E-state index >= 15 is 0 Å². The predicted molar refractivity (Wildman–Crippen MR) is 63.8 cm³/mol. The minimum absolute atomic E-state index is 0.0226. The highest BCUT2D eigenvalue weighted by molar-refractivity contribution is 5.42. The molecule has 0 radical (unpaired) electrons. The zero-order chi connectivity index (χ0) is 15.6. The van der Waals surface area contributed by atoms with E-state index < -0.39 is 41.5 Å². The maximum absolute atomic E-state index is 13.4. The Morgan fingerprint density at radius 3 is 2.33 bits per heavy atom. The molecule has 2 aromatic carbocycles. The van der Waals surface area contributed by atoms with Crippen LogP contribution < -0.4 is 4.74 Å². The van der Waals surface area contributed by atoms with Crippen LogP contribution >= 0.6 is 0 Å². The van der Waals surface area contributed by atoms with Gasteiger partial charge in [-0.05, 0) is 29.8 Å². The van der Waals surface area contributed by atoms with Gasteiger partial charge >= 0.3 is 6.18 Å². The van der Waals surface area contributed by atoms with Crippen molar-refractivity contribution in [1.29, 1.82) is 0 Å². The molecule has 0 amide bonds. The summed E-state index contributed by atoms with van der Waals surface area (Å²) in [6.07, 6.45) is -4.76. The molecular weight excluding hydrogens is 295 g/mol. The van der Waals surface area contributed by atoms with Crippen molar-refractivity contribution >= 4 is 0 Å². The third-order valence-corrected chi connectivity index (χ3v) is 2.67. The fourth-order valence-electron chi connectivity index (χ4n) is 1.67. The van der Waals surface area contributed by atoms with Crippen LogP contribution in [-0.4, -0.2) is 5.11 Å². The first-order valence-corrected chi connectivity index (χ1v) is 5.75. The van der Waals surface area contributed by atoms with Gasteiger partial charge in [0.2, 0.25) is 5.82 Å². The fourth-order valence-corrected chi connectivity index (χ4v) is 1.67. The smallest absolute Gasteiger partial charge is 0.419 e. The molecule has 0 aliphatic carbocycles. The van der Waals surface area contributed by atoms with Crippen LogP contribution in [0.25, 0.3) is 0 Å². The van der Waals surface area contributed by atoms with Crippen LogP contribution in [0.4, 0.5) is 22.0 Å². The molecule has 0 fully saturated rings. The van der Waals surface area contributed by atoms with Gasteiger partial charge in [0.05, 0.1) is 12.2 Å². The highest BCUT2D eigenvalue weighted by Gasteiger charge is 2.35. The third kappa shape index (κ3) is 3.30. The van der Waals surface area contributed by atoms with Crippen molar-refractivity contribution in [1.82, 2.24) is 0 Å². The first kappa shape index (κ1) is 15.2. The summed E-state index contributed by atoms with van der Waals surface area (Å²) >= 11 is 0. The summed E-state index contributed by atoms with van der Waals surface area (Å²) in [5, 5.41) is 8.87. The normalized spacial score (nSPS) is 11.5. The zero-order valence-corrected chi connectivity index (χ0v) is 10.4. The maximum Gasteiger partial charge on any atom is 0.419 e. The Kier molecular flexibility index (Phi) is 4.13. The third-order valence-electron chi connectivity index (χ3n) is 2.67. The van der Waals surface area contributed by atoms with Gasteiger partial charge in [-0.2, -0.15) is 17.6 Å². The predicted octanol–water partition coefficient (Wildman–Crippen LogP) is 4.27. The quantitative estimate of drug-likeness (QED) is 0.858. The number of ether oxygens (including phenoxy) is 1. The van der Waals surface area contributed by atoms with Gasteiger partial charge in [0.15, 0.2) is 11.6 Å². The molecule has 2 rings (SSSR count). The molecule has 7 heteroatoms. The zero-order valence-electron chi connectivity index (χ0n) is 10.4. The largest absolute Gasteiger partial charge is 0.454 e. The van der Waals surface area contributed by atoms with E-state index in [1.807, 2.05) is 0 Å². The minimum atomic E-state index is -4.76. The van der Waals surface area contributed by atoms with E-state index in [1.165, 1.54) is 6.07 Å². The lowest BCUT2D eigenvalue weighted by atomic mass is 10.1. The summed E-state index contributed by atoms with van der Waals surface area (Å²) in [7, 11) is 0. The fraction of sp³-hybridized carbons (Fsp3) is 0.143. The van der Waals surface area contributed by atoms with E-state index in [-0.39, 0.29) is 5.56 Å². The van der Waals surface area contributed by atoms with Crippen LogP contribution in [0.5, 0.6) is 11.5 Å². The van der Waals surface area contributed by atoms with Crippen LogP contribution in [0.1, 0.15) is 11.1 Å². The number of hydrogen-bond acceptors (Lipinski definition) is 2. The number of halogens is 5. The molecule has 0 aliphatic heterocycles. The van der Waals surface area contributed by atoms with Crippen LogP contribution in [0.3, 0.4) is 0 Å². The molecule has 2 nitrogen and oxygen atoms in total. The van der Waals surface area contributed by atoms with Gasteiger partial charge in [-0.3, -0.25) is 0 Å². The molecule has 0 bridgehead atoms. The lowest BCUT2D eigenvalue weighted by Crippen LogP contribution is -2.08. The number of benzene rings is 2. The lowest BCUT2D eigenvalue weighted by molar-refractivity contribution is -0.138. The van der Waals surface area contributed by atoms with Crippen LogP contribution in [0, 0.1) is 11.6 Å². The second-order valence-corrected chi connectivity index (χ2v) is 4.14. The van der Waals surface area contributed by atoms with Crippen molar-refractivity contribution in [2.24, 2.45) is 0 Å². The number of alkyl halides is 3. The average molecular weight is 304 g/mol. The summed E-state index contributed by atoms with van der Waals surface area (Å²) < 4.78 is 70.0. The van der Waals surface area contributed by atoms with E-state index in [1.54, 1.807) is 0 Å². The number of aliphatic hydroxyl groups is 1. The molecule has 0 saturated carbocycles. The molecule has 1 N–H and O–H groups in total. The monoisotopic (exact) mass is 304 g/mol. The molecule has 112 valence electrons. The number of hydrogen-bond donors (Lipinski definition) is 1. The topological polar surface area (TPSA) is 29.5 Å². The molecule has 0 spiro atoms. The molecule has 2 aromatic rings. The SMILES string of the molecule is OCc1ccc(Oc2cccc(F)c2F)c(C(F)(F)F)c1.